The van der Waals surface area contributed by atoms with E-state index in [0.717, 1.165) is 44.9 Å². The van der Waals surface area contributed by atoms with Crippen LogP contribution in [-0.4, -0.2) is 46.1 Å². The molecule has 0 rings (SSSR count). The lowest BCUT2D eigenvalue weighted by molar-refractivity contribution is -0.131. The Morgan fingerprint density at radius 1 is 0.533 bits per heavy atom. The van der Waals surface area contributed by atoms with Gasteiger partial charge in [0.05, 0.1) is 18.8 Å². The zero-order valence-electron chi connectivity index (χ0n) is 29.7. The third-order valence-corrected chi connectivity index (χ3v) is 8.71. The third-order valence-electron chi connectivity index (χ3n) is 8.71. The van der Waals surface area contributed by atoms with Gasteiger partial charge in [0.2, 0.25) is 5.91 Å². The van der Waals surface area contributed by atoms with Gasteiger partial charge in [0.15, 0.2) is 0 Å². The Kier molecular flexibility index (Phi) is 34.3. The Balaban J connectivity index is 3.81. The van der Waals surface area contributed by atoms with Crippen LogP contribution in [0, 0.1) is 0 Å². The third kappa shape index (κ3) is 31.0. The first-order chi connectivity index (χ1) is 22.1. The number of aliphatic hydroxyl groups excluding tert-OH is 3. The van der Waals surface area contributed by atoms with Crippen LogP contribution in [0.3, 0.4) is 0 Å². The molecule has 0 aliphatic rings. The van der Waals surface area contributed by atoms with Gasteiger partial charge in [-0.2, -0.15) is 0 Å². The SMILES string of the molecule is CCCCCCCCC/C=C/CC/C=C/CC/C=C/C(O)C(CO)NC(=O)C(O)CCCCCCCCCCCCCCCC. The molecule has 0 aromatic carbocycles. The molecule has 5 heteroatoms. The summed E-state index contributed by atoms with van der Waals surface area (Å²) in [6.07, 6.45) is 43.0. The highest BCUT2D eigenvalue weighted by atomic mass is 16.3. The van der Waals surface area contributed by atoms with Crippen LogP contribution in [0.4, 0.5) is 0 Å². The first-order valence-corrected chi connectivity index (χ1v) is 19.3. The van der Waals surface area contributed by atoms with Gasteiger partial charge in [0.1, 0.15) is 6.10 Å². The predicted molar refractivity (Wildman–Crippen MR) is 194 cm³/mol. The molecule has 0 spiro atoms. The molecule has 0 bridgehead atoms. The lowest BCUT2D eigenvalue weighted by Gasteiger charge is -2.21. The minimum atomic E-state index is -1.10. The number of amides is 1. The van der Waals surface area contributed by atoms with Gasteiger partial charge in [-0.1, -0.05) is 179 Å². The highest BCUT2D eigenvalue weighted by Gasteiger charge is 2.22. The fraction of sp³-hybridized carbons (Fsp3) is 0.825. The number of allylic oxidation sites excluding steroid dienone is 5. The van der Waals surface area contributed by atoms with Crippen molar-refractivity contribution >= 4 is 5.91 Å². The first kappa shape index (κ1) is 43.6. The molecule has 264 valence electrons. The van der Waals surface area contributed by atoms with Crippen molar-refractivity contribution in [3.8, 4) is 0 Å². The molecule has 0 saturated heterocycles. The Morgan fingerprint density at radius 3 is 1.36 bits per heavy atom. The quantitative estimate of drug-likeness (QED) is 0.0419. The summed E-state index contributed by atoms with van der Waals surface area (Å²) in [6, 6.07) is -0.817. The van der Waals surface area contributed by atoms with Crippen molar-refractivity contribution in [2.45, 2.75) is 205 Å². The van der Waals surface area contributed by atoms with Gasteiger partial charge in [-0.25, -0.2) is 0 Å². The maximum Gasteiger partial charge on any atom is 0.249 e. The van der Waals surface area contributed by atoms with Crippen LogP contribution in [0.2, 0.25) is 0 Å². The lowest BCUT2D eigenvalue weighted by atomic mass is 10.0. The fourth-order valence-corrected chi connectivity index (χ4v) is 5.63. The number of carbonyl (C=O) groups excluding carboxylic acids is 1. The number of nitrogens with one attached hydrogen (secondary N) is 1. The van der Waals surface area contributed by atoms with Crippen molar-refractivity contribution in [3.63, 3.8) is 0 Å². The van der Waals surface area contributed by atoms with E-state index in [2.05, 4.69) is 43.5 Å². The monoisotopic (exact) mass is 634 g/mol. The van der Waals surface area contributed by atoms with Crippen molar-refractivity contribution in [1.82, 2.24) is 5.32 Å². The van der Waals surface area contributed by atoms with E-state index in [1.807, 2.05) is 6.08 Å². The number of hydrogen-bond donors (Lipinski definition) is 4. The molecule has 4 N–H and O–H groups in total. The molecule has 5 nitrogen and oxygen atoms in total. The maximum atomic E-state index is 12.4. The second-order valence-corrected chi connectivity index (χ2v) is 13.1. The van der Waals surface area contributed by atoms with E-state index in [4.69, 9.17) is 0 Å². The summed E-state index contributed by atoms with van der Waals surface area (Å²) in [6.45, 7) is 4.14. The number of hydrogen-bond acceptors (Lipinski definition) is 4. The van der Waals surface area contributed by atoms with E-state index in [1.165, 1.54) is 122 Å². The largest absolute Gasteiger partial charge is 0.394 e. The zero-order chi connectivity index (χ0) is 33.1. The van der Waals surface area contributed by atoms with Crippen LogP contribution in [0.1, 0.15) is 187 Å². The molecule has 0 aromatic rings. The molecule has 0 aliphatic heterocycles. The molecule has 45 heavy (non-hydrogen) atoms. The molecule has 0 aliphatic carbocycles. The van der Waals surface area contributed by atoms with Crippen LogP contribution < -0.4 is 5.32 Å². The Hall–Kier alpha value is -1.43. The average Bonchev–Trinajstić information content (AvgIpc) is 3.04. The number of rotatable bonds is 34. The first-order valence-electron chi connectivity index (χ1n) is 19.3. The van der Waals surface area contributed by atoms with Crippen molar-refractivity contribution < 1.29 is 20.1 Å². The van der Waals surface area contributed by atoms with Crippen LogP contribution >= 0.6 is 0 Å². The zero-order valence-corrected chi connectivity index (χ0v) is 29.7. The van der Waals surface area contributed by atoms with Gasteiger partial charge in [0, 0.05) is 0 Å². The van der Waals surface area contributed by atoms with Crippen molar-refractivity contribution in [2.75, 3.05) is 6.61 Å². The highest BCUT2D eigenvalue weighted by Crippen LogP contribution is 2.14. The minimum absolute atomic E-state index is 0.380. The molecule has 3 atom stereocenters. The summed E-state index contributed by atoms with van der Waals surface area (Å²) in [5.74, 6) is -0.518. The second kappa shape index (κ2) is 35.4. The minimum Gasteiger partial charge on any atom is -0.394 e. The molecule has 0 heterocycles. The lowest BCUT2D eigenvalue weighted by Crippen LogP contribution is -2.48. The highest BCUT2D eigenvalue weighted by molar-refractivity contribution is 5.80. The van der Waals surface area contributed by atoms with Crippen LogP contribution in [0.15, 0.2) is 36.5 Å². The van der Waals surface area contributed by atoms with E-state index < -0.39 is 24.2 Å². The molecule has 0 radical (unpaired) electrons. The molecule has 0 fully saturated rings. The molecular weight excluding hydrogens is 558 g/mol. The van der Waals surface area contributed by atoms with E-state index in [-0.39, 0.29) is 6.61 Å². The molecular formula is C40H75NO4. The van der Waals surface area contributed by atoms with Gasteiger partial charge in [-0.15, -0.1) is 0 Å². The number of aliphatic hydroxyl groups is 3. The van der Waals surface area contributed by atoms with E-state index >= 15 is 0 Å². The van der Waals surface area contributed by atoms with Crippen LogP contribution in [0.25, 0.3) is 0 Å². The van der Waals surface area contributed by atoms with Gasteiger partial charge in [0.25, 0.3) is 0 Å². The standard InChI is InChI=1S/C40H75NO4/c1-3-5-7-9-11-13-15-17-19-20-21-23-24-26-28-30-32-34-38(43)37(36-42)41-40(45)39(44)35-33-31-29-27-25-22-18-16-14-12-10-8-6-4-2/h19-20,24,26,32,34,37-39,42-44H,3-18,21-23,25,27-31,33,35-36H2,1-2H3,(H,41,45)/b20-19+,26-24+,34-32+. The molecule has 0 aromatic heterocycles. The Bertz CT molecular complexity index is 704. The van der Waals surface area contributed by atoms with E-state index in [1.54, 1.807) is 6.08 Å². The Morgan fingerprint density at radius 2 is 0.911 bits per heavy atom. The van der Waals surface area contributed by atoms with Gasteiger partial charge in [-0.3, -0.25) is 4.79 Å². The van der Waals surface area contributed by atoms with Crippen molar-refractivity contribution in [3.05, 3.63) is 36.5 Å². The van der Waals surface area contributed by atoms with Crippen LogP contribution in [-0.2, 0) is 4.79 Å². The van der Waals surface area contributed by atoms with Gasteiger partial charge >= 0.3 is 0 Å². The fourth-order valence-electron chi connectivity index (χ4n) is 5.63. The summed E-state index contributed by atoms with van der Waals surface area (Å²) < 4.78 is 0. The Labute approximate surface area is 279 Å². The predicted octanol–water partition coefficient (Wildman–Crippen LogP) is 10.4. The molecule has 3 unspecified atom stereocenters. The molecule has 0 saturated carbocycles. The smallest absolute Gasteiger partial charge is 0.249 e. The summed E-state index contributed by atoms with van der Waals surface area (Å²) >= 11 is 0. The summed E-state index contributed by atoms with van der Waals surface area (Å²) in [5, 5.41) is 33.0. The normalized spacial score (nSPS) is 14.2. The van der Waals surface area contributed by atoms with Crippen LogP contribution in [0.5, 0.6) is 0 Å². The topological polar surface area (TPSA) is 89.8 Å². The number of carbonyl (C=O) groups is 1. The average molecular weight is 634 g/mol. The van der Waals surface area contributed by atoms with Crippen molar-refractivity contribution in [1.29, 1.82) is 0 Å². The van der Waals surface area contributed by atoms with Gasteiger partial charge < -0.3 is 20.6 Å². The summed E-state index contributed by atoms with van der Waals surface area (Å²) in [4.78, 5) is 12.4. The second-order valence-electron chi connectivity index (χ2n) is 13.1. The summed E-state index contributed by atoms with van der Waals surface area (Å²) in [5.41, 5.74) is 0. The maximum absolute atomic E-state index is 12.4. The molecule has 1 amide bonds. The number of unbranched alkanes of at least 4 members (excludes halogenated alkanes) is 22. The van der Waals surface area contributed by atoms with E-state index in [0.29, 0.717) is 6.42 Å². The summed E-state index contributed by atoms with van der Waals surface area (Å²) in [7, 11) is 0. The van der Waals surface area contributed by atoms with E-state index in [9.17, 15) is 20.1 Å². The van der Waals surface area contributed by atoms with Crippen molar-refractivity contribution in [2.24, 2.45) is 0 Å². The van der Waals surface area contributed by atoms with Gasteiger partial charge in [-0.05, 0) is 44.9 Å².